The number of ether oxygens (including phenoxy) is 2. The number of benzene rings is 2. The lowest BCUT2D eigenvalue weighted by Crippen LogP contribution is -2.49. The van der Waals surface area contributed by atoms with Crippen LogP contribution in [0.15, 0.2) is 73.2 Å². The molecule has 10 rings (SSSR count). The van der Waals surface area contributed by atoms with E-state index in [1.165, 1.54) is 45.6 Å². The second-order valence-corrected chi connectivity index (χ2v) is 16.3. The number of methoxy groups -OCH3 is 1. The first kappa shape index (κ1) is 35.8. The molecule has 4 saturated carbocycles. The number of rotatable bonds is 10. The van der Waals surface area contributed by atoms with Crippen LogP contribution in [0.25, 0.3) is 16.8 Å². The van der Waals surface area contributed by atoms with Gasteiger partial charge in [0.25, 0.3) is 0 Å². The summed E-state index contributed by atoms with van der Waals surface area (Å²) < 4.78 is 14.7. The number of nitrogens with one attached hydrogen (secondary N) is 1. The summed E-state index contributed by atoms with van der Waals surface area (Å²) in [5, 5.41) is 18.4. The number of aromatic carboxylic acids is 1. The molecule has 13 heteroatoms. The van der Waals surface area contributed by atoms with Crippen molar-refractivity contribution in [3.05, 3.63) is 95.6 Å². The molecular formula is C43H47N7O6. The number of hydrogen-bond donors (Lipinski definition) is 2. The van der Waals surface area contributed by atoms with E-state index in [1.54, 1.807) is 27.6 Å². The van der Waals surface area contributed by atoms with Gasteiger partial charge in [-0.15, -0.1) is 0 Å². The molecular weight excluding hydrogens is 711 g/mol. The molecule has 0 atom stereocenters. The molecule has 5 aliphatic rings. The first-order chi connectivity index (χ1) is 27.2. The molecule has 1 aliphatic heterocycles. The van der Waals surface area contributed by atoms with Gasteiger partial charge in [0.1, 0.15) is 18.0 Å². The van der Waals surface area contributed by atoms with Gasteiger partial charge in [-0.05, 0) is 98.4 Å². The van der Waals surface area contributed by atoms with Gasteiger partial charge in [-0.2, -0.15) is 5.10 Å². The molecule has 290 valence electrons. The molecule has 4 heterocycles. The van der Waals surface area contributed by atoms with Gasteiger partial charge in [0.05, 0.1) is 30.8 Å². The molecule has 1 saturated heterocycles. The molecule has 13 nitrogen and oxygen atoms in total. The van der Waals surface area contributed by atoms with E-state index in [-0.39, 0.29) is 18.3 Å². The Morgan fingerprint density at radius 3 is 2.30 bits per heavy atom. The monoisotopic (exact) mass is 757 g/mol. The number of pyridine rings is 1. The van der Waals surface area contributed by atoms with Crippen molar-refractivity contribution in [1.82, 2.24) is 24.1 Å². The molecule has 0 unspecified atom stereocenters. The van der Waals surface area contributed by atoms with Crippen molar-refractivity contribution in [3.8, 4) is 11.1 Å². The predicted octanol–water partition coefficient (Wildman–Crippen LogP) is 7.41. The lowest BCUT2D eigenvalue weighted by molar-refractivity contribution is -0.0638. The van der Waals surface area contributed by atoms with Crippen molar-refractivity contribution in [2.45, 2.75) is 58.6 Å². The summed E-state index contributed by atoms with van der Waals surface area (Å²) in [6.07, 6.45) is 12.9. The SMILES string of the molecule is COC(=O)c1c(-c2cnn(CC34CC5CC(CC(C5)C3)C4)c2C)ccn2c(Nc3ccc(N4CCN(C(=O)OCc5ccccc5)CC4)cc3C(=O)O)cnc12. The van der Waals surface area contributed by atoms with Gasteiger partial charge in [0.15, 0.2) is 5.65 Å². The van der Waals surface area contributed by atoms with Gasteiger partial charge >= 0.3 is 18.0 Å². The average molecular weight is 758 g/mol. The van der Waals surface area contributed by atoms with Crippen molar-refractivity contribution >= 4 is 40.9 Å². The summed E-state index contributed by atoms with van der Waals surface area (Å²) in [6, 6.07) is 16.7. The quantitative estimate of drug-likeness (QED) is 0.138. The lowest BCUT2D eigenvalue weighted by Gasteiger charge is -2.56. The molecule has 2 aromatic carbocycles. The Hall–Kier alpha value is -5.85. The summed E-state index contributed by atoms with van der Waals surface area (Å²) in [5.74, 6) is 1.43. The minimum absolute atomic E-state index is 0.0778. The van der Waals surface area contributed by atoms with E-state index in [0.717, 1.165) is 46.8 Å². The topological polar surface area (TPSA) is 144 Å². The zero-order valence-corrected chi connectivity index (χ0v) is 31.8. The number of amides is 1. The fourth-order valence-corrected chi connectivity index (χ4v) is 10.5. The van der Waals surface area contributed by atoms with Crippen molar-refractivity contribution in [2.24, 2.45) is 23.2 Å². The van der Waals surface area contributed by atoms with Gasteiger partial charge in [-0.3, -0.25) is 9.08 Å². The van der Waals surface area contributed by atoms with Crippen LogP contribution in [-0.4, -0.2) is 80.5 Å². The number of carboxylic acid groups (broad SMARTS) is 1. The Bertz CT molecular complexity index is 2270. The van der Waals surface area contributed by atoms with Crippen LogP contribution >= 0.6 is 0 Å². The van der Waals surface area contributed by atoms with E-state index in [9.17, 15) is 19.5 Å². The Kier molecular flexibility index (Phi) is 9.17. The van der Waals surface area contributed by atoms with Gasteiger partial charge in [-0.1, -0.05) is 30.3 Å². The summed E-state index contributed by atoms with van der Waals surface area (Å²) in [4.78, 5) is 47.1. The van der Waals surface area contributed by atoms with Crippen LogP contribution in [-0.2, 0) is 22.6 Å². The number of esters is 1. The highest BCUT2D eigenvalue weighted by atomic mass is 16.6. The van der Waals surface area contributed by atoms with Crippen molar-refractivity contribution in [1.29, 1.82) is 0 Å². The van der Waals surface area contributed by atoms with Crippen LogP contribution in [0.1, 0.15) is 70.5 Å². The number of piperazine rings is 1. The minimum atomic E-state index is -1.09. The number of hydrogen-bond acceptors (Lipinski definition) is 9. The lowest BCUT2D eigenvalue weighted by atomic mass is 9.49. The normalized spacial score (nSPS) is 22.7. The highest BCUT2D eigenvalue weighted by Gasteiger charge is 2.51. The number of imidazole rings is 1. The molecule has 5 aromatic rings. The van der Waals surface area contributed by atoms with E-state index in [1.807, 2.05) is 54.9 Å². The van der Waals surface area contributed by atoms with E-state index >= 15 is 0 Å². The molecule has 1 amide bonds. The van der Waals surface area contributed by atoms with Gasteiger partial charge in [-0.25, -0.2) is 19.4 Å². The number of anilines is 3. The fourth-order valence-electron chi connectivity index (χ4n) is 10.5. The smallest absolute Gasteiger partial charge is 0.410 e. The van der Waals surface area contributed by atoms with E-state index < -0.39 is 11.9 Å². The van der Waals surface area contributed by atoms with Crippen LogP contribution in [0, 0.1) is 30.1 Å². The van der Waals surface area contributed by atoms with E-state index in [2.05, 4.69) is 26.8 Å². The molecule has 2 N–H and O–H groups in total. The molecule has 4 bridgehead atoms. The average Bonchev–Trinajstić information content (AvgIpc) is 3.77. The summed E-state index contributed by atoms with van der Waals surface area (Å²) in [7, 11) is 1.36. The maximum Gasteiger partial charge on any atom is 0.410 e. The second kappa shape index (κ2) is 14.3. The number of carbonyl (C=O) groups is 3. The highest BCUT2D eigenvalue weighted by molar-refractivity contribution is 6.04. The molecule has 56 heavy (non-hydrogen) atoms. The number of carbonyl (C=O) groups excluding carboxylic acids is 2. The third kappa shape index (κ3) is 6.62. The number of aromatic nitrogens is 4. The number of nitrogens with zero attached hydrogens (tertiary/aromatic N) is 6. The second-order valence-electron chi connectivity index (χ2n) is 16.3. The van der Waals surface area contributed by atoms with Crippen LogP contribution in [0.3, 0.4) is 0 Å². The highest BCUT2D eigenvalue weighted by Crippen LogP contribution is 2.60. The molecule has 4 aliphatic carbocycles. The van der Waals surface area contributed by atoms with Crippen LogP contribution in [0.4, 0.5) is 22.0 Å². The Morgan fingerprint density at radius 1 is 0.911 bits per heavy atom. The van der Waals surface area contributed by atoms with Crippen LogP contribution in [0.5, 0.6) is 0 Å². The Morgan fingerprint density at radius 2 is 1.62 bits per heavy atom. The molecule has 3 aromatic heterocycles. The summed E-state index contributed by atoms with van der Waals surface area (Å²) in [6.45, 7) is 5.14. The van der Waals surface area contributed by atoms with Gasteiger partial charge in [0, 0.05) is 61.4 Å². The Labute approximate surface area is 325 Å². The minimum Gasteiger partial charge on any atom is -0.478 e. The Balaban J connectivity index is 0.926. The maximum atomic E-state index is 13.5. The van der Waals surface area contributed by atoms with E-state index in [0.29, 0.717) is 59.9 Å². The summed E-state index contributed by atoms with van der Waals surface area (Å²) in [5.41, 5.74) is 5.69. The number of carboxylic acids is 1. The zero-order chi connectivity index (χ0) is 38.6. The van der Waals surface area contributed by atoms with Gasteiger partial charge in [0.2, 0.25) is 0 Å². The third-order valence-electron chi connectivity index (χ3n) is 12.7. The van der Waals surface area contributed by atoms with E-state index in [4.69, 9.17) is 14.6 Å². The molecule has 5 fully saturated rings. The van der Waals surface area contributed by atoms with Crippen LogP contribution < -0.4 is 10.2 Å². The van der Waals surface area contributed by atoms with Crippen LogP contribution in [0.2, 0.25) is 0 Å². The van der Waals surface area contributed by atoms with Crippen molar-refractivity contribution in [3.63, 3.8) is 0 Å². The molecule has 0 spiro atoms. The fraction of sp³-hybridized carbons (Fsp3) is 0.419. The predicted molar refractivity (Wildman–Crippen MR) is 210 cm³/mol. The van der Waals surface area contributed by atoms with Crippen molar-refractivity contribution in [2.75, 3.05) is 43.5 Å². The zero-order valence-electron chi connectivity index (χ0n) is 31.8. The first-order valence-electron chi connectivity index (χ1n) is 19.6. The molecule has 0 radical (unpaired) electrons. The summed E-state index contributed by atoms with van der Waals surface area (Å²) >= 11 is 0. The third-order valence-corrected chi connectivity index (χ3v) is 12.7. The standard InChI is InChI=1S/C43H47N7O6/c1-27-35(23-45-50(27)26-43-20-29-16-30(21-43)18-31(17-29)22-43)33-10-11-49-37(24-44-39(49)38(33)41(53)55-2)46-36-9-8-32(19-34(36)40(51)52)47-12-14-48(15-13-47)42(54)56-25-28-6-4-3-5-7-28/h3-11,19,23-24,29-31,46H,12-18,20-22,25-26H2,1-2H3,(H,51,52). The van der Waals surface area contributed by atoms with Crippen molar-refractivity contribution < 1.29 is 29.0 Å². The largest absolute Gasteiger partial charge is 0.478 e. The first-order valence-corrected chi connectivity index (χ1v) is 19.6. The van der Waals surface area contributed by atoms with Gasteiger partial charge < -0.3 is 29.7 Å². The number of fused-ring (bicyclic) bond motifs is 1. The maximum absolute atomic E-state index is 13.5.